The molecule has 0 amide bonds. The number of nitrogens with two attached hydrogens (primary N) is 1. The van der Waals surface area contributed by atoms with E-state index in [0.717, 1.165) is 22.6 Å². The summed E-state index contributed by atoms with van der Waals surface area (Å²) >= 11 is 0. The van der Waals surface area contributed by atoms with Gasteiger partial charge in [0.25, 0.3) is 0 Å². The van der Waals surface area contributed by atoms with Crippen molar-refractivity contribution in [3.63, 3.8) is 0 Å². The van der Waals surface area contributed by atoms with Crippen LogP contribution >= 0.6 is 0 Å². The molecule has 0 unspecified atom stereocenters. The van der Waals surface area contributed by atoms with Crippen LogP contribution < -0.4 is 10.5 Å². The van der Waals surface area contributed by atoms with Crippen LogP contribution in [0.5, 0.6) is 5.75 Å². The molecule has 0 fully saturated rings. The van der Waals surface area contributed by atoms with Gasteiger partial charge in [0.15, 0.2) is 0 Å². The Morgan fingerprint density at radius 1 is 1.25 bits per heavy atom. The Morgan fingerprint density at radius 3 is 2.85 bits per heavy atom. The van der Waals surface area contributed by atoms with Gasteiger partial charge in [0.1, 0.15) is 18.1 Å². The lowest BCUT2D eigenvalue weighted by Crippen LogP contribution is -1.97. The summed E-state index contributed by atoms with van der Waals surface area (Å²) in [6.07, 6.45) is 1.63. The molecule has 0 bridgehead atoms. The molecule has 1 aromatic carbocycles. The number of hydrogen-bond donors (Lipinski definition) is 1. The maximum Gasteiger partial charge on any atom is 0.134 e. The molecule has 20 heavy (non-hydrogen) atoms. The molecule has 0 atom stereocenters. The van der Waals surface area contributed by atoms with Crippen molar-refractivity contribution in [1.82, 2.24) is 0 Å². The fourth-order valence-corrected chi connectivity index (χ4v) is 1.75. The summed E-state index contributed by atoms with van der Waals surface area (Å²) in [5, 5.41) is 0. The Balaban J connectivity index is 2.01. The fraction of sp³-hybridized carbons (Fsp3) is 0.250. The second-order valence-electron chi connectivity index (χ2n) is 4.11. The minimum absolute atomic E-state index is 0.322. The van der Waals surface area contributed by atoms with E-state index in [2.05, 4.69) is 11.8 Å². The summed E-state index contributed by atoms with van der Waals surface area (Å²) in [7, 11) is 1.62. The Bertz CT molecular complexity index is 594. The Morgan fingerprint density at radius 2 is 2.15 bits per heavy atom. The van der Waals surface area contributed by atoms with E-state index >= 15 is 0 Å². The number of hydrogen-bond acceptors (Lipinski definition) is 4. The van der Waals surface area contributed by atoms with E-state index in [1.807, 2.05) is 30.3 Å². The van der Waals surface area contributed by atoms with Crippen LogP contribution in [0.4, 0.5) is 0 Å². The molecule has 4 heteroatoms. The number of furan rings is 1. The van der Waals surface area contributed by atoms with E-state index in [4.69, 9.17) is 19.6 Å². The van der Waals surface area contributed by atoms with Gasteiger partial charge in [0.05, 0.1) is 32.1 Å². The first-order chi connectivity index (χ1) is 9.83. The van der Waals surface area contributed by atoms with Gasteiger partial charge < -0.3 is 19.6 Å². The fourth-order valence-electron chi connectivity index (χ4n) is 1.75. The Kier molecular flexibility index (Phi) is 5.24. The van der Waals surface area contributed by atoms with Gasteiger partial charge in [-0.15, -0.1) is 0 Å². The van der Waals surface area contributed by atoms with Gasteiger partial charge in [-0.25, -0.2) is 0 Å². The highest BCUT2D eigenvalue weighted by Gasteiger charge is 2.03. The van der Waals surface area contributed by atoms with Gasteiger partial charge in [-0.3, -0.25) is 0 Å². The summed E-state index contributed by atoms with van der Waals surface area (Å²) in [5.41, 5.74) is 7.23. The highest BCUT2D eigenvalue weighted by atomic mass is 16.5. The molecule has 0 radical (unpaired) electrons. The smallest absolute Gasteiger partial charge is 0.134 e. The number of methoxy groups -OCH3 is 1. The van der Waals surface area contributed by atoms with E-state index in [0.29, 0.717) is 19.8 Å². The number of rotatable bonds is 5. The lowest BCUT2D eigenvalue weighted by molar-refractivity contribution is 0.0929. The highest BCUT2D eigenvalue weighted by Crippen LogP contribution is 2.19. The minimum Gasteiger partial charge on any atom is -0.495 e. The van der Waals surface area contributed by atoms with Crippen LogP contribution in [-0.2, 0) is 18.0 Å². The zero-order chi connectivity index (χ0) is 14.2. The predicted octanol–water partition coefficient (Wildman–Crippen LogP) is 2.32. The van der Waals surface area contributed by atoms with E-state index in [1.165, 1.54) is 0 Å². The molecule has 0 aliphatic heterocycles. The van der Waals surface area contributed by atoms with Crippen LogP contribution in [0.1, 0.15) is 16.9 Å². The lowest BCUT2D eigenvalue weighted by atomic mass is 10.1. The molecule has 1 aromatic heterocycles. The molecule has 1 heterocycles. The summed E-state index contributed by atoms with van der Waals surface area (Å²) in [6.45, 7) is 1.26. The summed E-state index contributed by atoms with van der Waals surface area (Å²) < 4.78 is 16.1. The Hall–Kier alpha value is -2.22. The number of benzene rings is 1. The highest BCUT2D eigenvalue weighted by molar-refractivity contribution is 5.48. The van der Waals surface area contributed by atoms with Crippen LogP contribution in [0.15, 0.2) is 41.0 Å². The van der Waals surface area contributed by atoms with Gasteiger partial charge >= 0.3 is 0 Å². The van der Waals surface area contributed by atoms with Gasteiger partial charge in [-0.05, 0) is 29.8 Å². The second-order valence-corrected chi connectivity index (χ2v) is 4.11. The minimum atomic E-state index is 0.322. The summed E-state index contributed by atoms with van der Waals surface area (Å²) in [5.74, 6) is 7.36. The first kappa shape index (κ1) is 14.2. The average molecular weight is 271 g/mol. The molecular weight excluding hydrogens is 254 g/mol. The maximum atomic E-state index is 5.59. The molecule has 4 nitrogen and oxygen atoms in total. The van der Waals surface area contributed by atoms with Crippen molar-refractivity contribution in [1.29, 1.82) is 0 Å². The van der Waals surface area contributed by atoms with Gasteiger partial charge in [0.2, 0.25) is 0 Å². The number of ether oxygens (including phenoxy) is 2. The van der Waals surface area contributed by atoms with E-state index in [1.54, 1.807) is 13.4 Å². The third-order valence-electron chi connectivity index (χ3n) is 2.68. The largest absolute Gasteiger partial charge is 0.495 e. The molecule has 0 spiro atoms. The normalized spacial score (nSPS) is 9.90. The van der Waals surface area contributed by atoms with Crippen LogP contribution in [0.2, 0.25) is 0 Å². The monoisotopic (exact) mass is 271 g/mol. The van der Waals surface area contributed by atoms with Crippen molar-refractivity contribution in [2.24, 2.45) is 5.73 Å². The molecule has 0 saturated heterocycles. The van der Waals surface area contributed by atoms with E-state index in [9.17, 15) is 0 Å². The van der Waals surface area contributed by atoms with E-state index in [-0.39, 0.29) is 0 Å². The third-order valence-corrected chi connectivity index (χ3v) is 2.68. The molecule has 2 rings (SSSR count). The van der Waals surface area contributed by atoms with Crippen LogP contribution in [0.3, 0.4) is 0 Å². The topological polar surface area (TPSA) is 57.6 Å². The van der Waals surface area contributed by atoms with Gasteiger partial charge in [-0.2, -0.15) is 0 Å². The van der Waals surface area contributed by atoms with E-state index < -0.39 is 0 Å². The first-order valence-electron chi connectivity index (χ1n) is 6.29. The molecule has 0 saturated carbocycles. The standard InChI is InChI=1S/C16H17NO3/c1-18-16-7-6-13(10-14(16)4-2-8-17)11-19-12-15-5-3-9-20-15/h3,5-7,9-10H,8,11-12,17H2,1H3. The van der Waals surface area contributed by atoms with Crippen molar-refractivity contribution in [2.45, 2.75) is 13.2 Å². The molecular formula is C16H17NO3. The molecule has 2 aromatic rings. The lowest BCUT2D eigenvalue weighted by Gasteiger charge is -2.07. The zero-order valence-electron chi connectivity index (χ0n) is 11.4. The van der Waals surface area contributed by atoms with Crippen LogP contribution in [0.25, 0.3) is 0 Å². The molecule has 0 aliphatic rings. The van der Waals surface area contributed by atoms with Gasteiger partial charge in [-0.1, -0.05) is 17.9 Å². The predicted molar refractivity (Wildman–Crippen MR) is 76.1 cm³/mol. The molecule has 104 valence electrons. The van der Waals surface area contributed by atoms with Crippen molar-refractivity contribution in [3.8, 4) is 17.6 Å². The zero-order valence-corrected chi connectivity index (χ0v) is 11.4. The van der Waals surface area contributed by atoms with Gasteiger partial charge in [0, 0.05) is 0 Å². The van der Waals surface area contributed by atoms with Crippen molar-refractivity contribution in [3.05, 3.63) is 53.5 Å². The molecule has 0 aliphatic carbocycles. The first-order valence-corrected chi connectivity index (χ1v) is 6.29. The molecule has 2 N–H and O–H groups in total. The third kappa shape index (κ3) is 3.89. The summed E-state index contributed by atoms with van der Waals surface area (Å²) in [6, 6.07) is 9.50. The maximum absolute atomic E-state index is 5.59. The quantitative estimate of drug-likeness (QED) is 0.848. The van der Waals surface area contributed by atoms with Crippen molar-refractivity contribution < 1.29 is 13.9 Å². The Labute approximate surface area is 118 Å². The summed E-state index contributed by atoms with van der Waals surface area (Å²) in [4.78, 5) is 0. The van der Waals surface area contributed by atoms with Crippen molar-refractivity contribution >= 4 is 0 Å². The van der Waals surface area contributed by atoms with Crippen LogP contribution in [-0.4, -0.2) is 13.7 Å². The SMILES string of the molecule is COc1ccc(COCc2ccco2)cc1C#CCN. The second kappa shape index (κ2) is 7.39. The average Bonchev–Trinajstić information content (AvgIpc) is 2.98. The van der Waals surface area contributed by atoms with Crippen molar-refractivity contribution in [2.75, 3.05) is 13.7 Å². The van der Waals surface area contributed by atoms with Crippen LogP contribution in [0, 0.1) is 11.8 Å².